The number of anilines is 1. The molecule has 1 atom stereocenters. The summed E-state index contributed by atoms with van der Waals surface area (Å²) >= 11 is 6.04. The Balaban J connectivity index is 1.76. The van der Waals surface area contributed by atoms with Crippen LogP contribution in [0.3, 0.4) is 0 Å². The molecule has 0 unspecified atom stereocenters. The lowest BCUT2D eigenvalue weighted by Gasteiger charge is -2.19. The van der Waals surface area contributed by atoms with Crippen molar-refractivity contribution in [1.82, 2.24) is 25.5 Å². The van der Waals surface area contributed by atoms with Gasteiger partial charge in [0.1, 0.15) is 11.6 Å². The monoisotopic (exact) mass is 456 g/mol. The summed E-state index contributed by atoms with van der Waals surface area (Å²) in [5.74, 6) is -0.707. The fraction of sp³-hybridized carbons (Fsp3) is 0.450. The van der Waals surface area contributed by atoms with E-state index in [9.17, 15) is 18.0 Å². The second-order valence-corrected chi connectivity index (χ2v) is 7.55. The molecule has 0 bridgehead atoms. The van der Waals surface area contributed by atoms with Crippen LogP contribution in [0.5, 0.6) is 0 Å². The first kappa shape index (κ1) is 23.2. The van der Waals surface area contributed by atoms with Crippen LogP contribution in [0.1, 0.15) is 41.8 Å². The van der Waals surface area contributed by atoms with Crippen molar-refractivity contribution in [2.75, 3.05) is 32.0 Å². The highest BCUT2D eigenvalue weighted by atomic mass is 35.5. The van der Waals surface area contributed by atoms with Crippen molar-refractivity contribution in [1.29, 1.82) is 0 Å². The SMILES string of the molecule is CNCCNCC(=O)N1Cc2nc(Cl)nc(N[C@H](C)c3cccc(C(F)F)c3F)c2C1. The summed E-state index contributed by atoms with van der Waals surface area (Å²) in [6.45, 7) is 3.77. The van der Waals surface area contributed by atoms with E-state index in [1.54, 1.807) is 11.8 Å². The Morgan fingerprint density at radius 3 is 2.68 bits per heavy atom. The van der Waals surface area contributed by atoms with Crippen LogP contribution in [0.4, 0.5) is 19.0 Å². The second kappa shape index (κ2) is 10.3. The molecule has 11 heteroatoms. The van der Waals surface area contributed by atoms with Crippen molar-refractivity contribution in [3.8, 4) is 0 Å². The third kappa shape index (κ3) is 5.44. The van der Waals surface area contributed by atoms with Gasteiger partial charge in [-0.25, -0.2) is 23.1 Å². The number of benzene rings is 1. The number of fused-ring (bicyclic) bond motifs is 1. The van der Waals surface area contributed by atoms with Crippen molar-refractivity contribution in [3.05, 3.63) is 51.7 Å². The summed E-state index contributed by atoms with van der Waals surface area (Å²) in [7, 11) is 1.83. The Kier molecular flexibility index (Phi) is 7.69. The lowest BCUT2D eigenvalue weighted by Crippen LogP contribution is -2.37. The number of nitrogens with one attached hydrogen (secondary N) is 3. The molecule has 31 heavy (non-hydrogen) atoms. The molecule has 0 saturated heterocycles. The van der Waals surface area contributed by atoms with Crippen LogP contribution in [-0.4, -0.2) is 47.5 Å². The molecule has 1 aromatic carbocycles. The number of carbonyl (C=O) groups excluding carboxylic acids is 1. The zero-order valence-electron chi connectivity index (χ0n) is 17.2. The van der Waals surface area contributed by atoms with Crippen LogP contribution in [0.2, 0.25) is 5.28 Å². The van der Waals surface area contributed by atoms with E-state index in [2.05, 4.69) is 25.9 Å². The first-order valence-corrected chi connectivity index (χ1v) is 10.2. The first-order valence-electron chi connectivity index (χ1n) is 9.83. The minimum Gasteiger partial charge on any atom is -0.363 e. The summed E-state index contributed by atoms with van der Waals surface area (Å²) < 4.78 is 40.6. The number of hydrogen-bond acceptors (Lipinski definition) is 6. The molecule has 1 aromatic heterocycles. The van der Waals surface area contributed by atoms with E-state index in [0.717, 1.165) is 12.6 Å². The van der Waals surface area contributed by atoms with Gasteiger partial charge in [0.15, 0.2) is 0 Å². The van der Waals surface area contributed by atoms with Crippen LogP contribution in [0.15, 0.2) is 18.2 Å². The van der Waals surface area contributed by atoms with Crippen LogP contribution in [0.25, 0.3) is 0 Å². The highest BCUT2D eigenvalue weighted by Crippen LogP contribution is 2.32. The molecular formula is C20H24ClF3N6O. The maximum atomic E-state index is 14.5. The van der Waals surface area contributed by atoms with Gasteiger partial charge in [-0.3, -0.25) is 4.79 Å². The number of hydrogen-bond donors (Lipinski definition) is 3. The predicted octanol–water partition coefficient (Wildman–Crippen LogP) is 3.03. The number of nitrogens with zero attached hydrogens (tertiary/aromatic N) is 3. The Bertz CT molecular complexity index is 945. The van der Waals surface area contributed by atoms with E-state index in [-0.39, 0.29) is 36.4 Å². The third-order valence-corrected chi connectivity index (χ3v) is 5.22. The molecule has 7 nitrogen and oxygen atoms in total. The number of carbonyl (C=O) groups is 1. The van der Waals surface area contributed by atoms with E-state index >= 15 is 0 Å². The summed E-state index contributed by atoms with van der Waals surface area (Å²) in [5.41, 5.74) is 0.700. The van der Waals surface area contributed by atoms with Crippen LogP contribution in [0, 0.1) is 5.82 Å². The molecule has 0 aliphatic carbocycles. The van der Waals surface area contributed by atoms with E-state index in [1.165, 1.54) is 12.1 Å². The van der Waals surface area contributed by atoms with Gasteiger partial charge in [-0.05, 0) is 25.6 Å². The highest BCUT2D eigenvalue weighted by Gasteiger charge is 2.29. The average molecular weight is 457 g/mol. The molecule has 0 spiro atoms. The number of likely N-dealkylation sites (N-methyl/N-ethyl adjacent to an activating group) is 1. The first-order chi connectivity index (χ1) is 14.8. The van der Waals surface area contributed by atoms with Gasteiger partial charge in [-0.1, -0.05) is 18.2 Å². The van der Waals surface area contributed by atoms with Crippen molar-refractivity contribution >= 4 is 23.3 Å². The summed E-state index contributed by atoms with van der Waals surface area (Å²) in [6, 6.07) is 3.22. The topological polar surface area (TPSA) is 82.2 Å². The largest absolute Gasteiger partial charge is 0.363 e. The maximum Gasteiger partial charge on any atom is 0.266 e. The standard InChI is InChI=1S/C20H24ClF3N6O/c1-11(12-4-3-5-13(17(12)22)18(23)24)27-19-14-9-30(10-15(14)28-20(21)29-19)16(31)8-26-7-6-25-2/h3-5,11,18,25-26H,6-10H2,1-2H3,(H,27,28,29)/t11-/m1/s1. The van der Waals surface area contributed by atoms with E-state index in [1.807, 2.05) is 7.05 Å². The number of halogens is 4. The fourth-order valence-electron chi connectivity index (χ4n) is 3.40. The zero-order valence-corrected chi connectivity index (χ0v) is 17.9. The number of rotatable bonds is 9. The highest BCUT2D eigenvalue weighted by molar-refractivity contribution is 6.28. The van der Waals surface area contributed by atoms with E-state index in [0.29, 0.717) is 23.6 Å². The van der Waals surface area contributed by atoms with Gasteiger partial charge < -0.3 is 20.9 Å². The van der Waals surface area contributed by atoms with Crippen LogP contribution in [-0.2, 0) is 17.9 Å². The van der Waals surface area contributed by atoms with Crippen molar-refractivity contribution in [2.24, 2.45) is 0 Å². The van der Waals surface area contributed by atoms with Gasteiger partial charge in [0, 0.05) is 24.2 Å². The third-order valence-electron chi connectivity index (χ3n) is 5.05. The normalized spacial score (nSPS) is 14.1. The average Bonchev–Trinajstić information content (AvgIpc) is 3.15. The molecule has 3 rings (SSSR count). The summed E-state index contributed by atoms with van der Waals surface area (Å²) in [6.07, 6.45) is -2.91. The van der Waals surface area contributed by atoms with Gasteiger partial charge >= 0.3 is 0 Å². The molecule has 0 fully saturated rings. The van der Waals surface area contributed by atoms with Crippen molar-refractivity contribution in [3.63, 3.8) is 0 Å². The molecule has 2 aromatic rings. The van der Waals surface area contributed by atoms with E-state index in [4.69, 9.17) is 11.6 Å². The van der Waals surface area contributed by atoms with Crippen molar-refractivity contribution < 1.29 is 18.0 Å². The predicted molar refractivity (Wildman–Crippen MR) is 111 cm³/mol. The molecule has 168 valence electrons. The lowest BCUT2D eigenvalue weighted by molar-refractivity contribution is -0.130. The van der Waals surface area contributed by atoms with Gasteiger partial charge in [0.2, 0.25) is 11.2 Å². The fourth-order valence-corrected chi connectivity index (χ4v) is 3.58. The molecule has 1 aliphatic heterocycles. The zero-order chi connectivity index (χ0) is 22.5. The Morgan fingerprint density at radius 1 is 1.23 bits per heavy atom. The minimum atomic E-state index is -2.91. The maximum absolute atomic E-state index is 14.5. The summed E-state index contributed by atoms with van der Waals surface area (Å²) in [5, 5.41) is 9.07. The molecule has 1 aliphatic rings. The quantitative estimate of drug-likeness (QED) is 0.397. The smallest absolute Gasteiger partial charge is 0.266 e. The van der Waals surface area contributed by atoms with Gasteiger partial charge in [-0.2, -0.15) is 0 Å². The number of alkyl halides is 2. The minimum absolute atomic E-state index is 0.0169. The molecule has 3 N–H and O–H groups in total. The Morgan fingerprint density at radius 2 is 1.97 bits per heavy atom. The number of amides is 1. The van der Waals surface area contributed by atoms with Crippen molar-refractivity contribution in [2.45, 2.75) is 32.5 Å². The molecule has 0 saturated carbocycles. The molecule has 1 amide bonds. The molecule has 2 heterocycles. The Hall–Kier alpha value is -2.43. The van der Waals surface area contributed by atoms with Gasteiger partial charge in [0.05, 0.1) is 36.9 Å². The molecular weight excluding hydrogens is 433 g/mol. The van der Waals surface area contributed by atoms with E-state index < -0.39 is 23.8 Å². The number of aromatic nitrogens is 2. The lowest BCUT2D eigenvalue weighted by atomic mass is 10.0. The van der Waals surface area contributed by atoms with Gasteiger partial charge in [0.25, 0.3) is 6.43 Å². The molecule has 0 radical (unpaired) electrons. The Labute approximate surface area is 183 Å². The van der Waals surface area contributed by atoms with Crippen LogP contribution < -0.4 is 16.0 Å². The summed E-state index contributed by atoms with van der Waals surface area (Å²) in [4.78, 5) is 22.5. The van der Waals surface area contributed by atoms with Crippen LogP contribution >= 0.6 is 11.6 Å². The second-order valence-electron chi connectivity index (χ2n) is 7.21. The van der Waals surface area contributed by atoms with Gasteiger partial charge in [-0.15, -0.1) is 0 Å².